The third kappa shape index (κ3) is 4.04. The molecule has 0 amide bonds. The molecular weight excluding hydrogens is 365 g/mol. The van der Waals surface area contributed by atoms with E-state index >= 15 is 0 Å². The van der Waals surface area contributed by atoms with Crippen molar-refractivity contribution in [2.75, 3.05) is 19.0 Å². The van der Waals surface area contributed by atoms with E-state index in [1.54, 1.807) is 7.11 Å². The minimum atomic E-state index is -0.0782. The van der Waals surface area contributed by atoms with Crippen LogP contribution in [0.5, 0.6) is 0 Å². The van der Waals surface area contributed by atoms with Crippen molar-refractivity contribution in [3.05, 3.63) is 15.1 Å². The number of halogens is 1. The summed E-state index contributed by atoms with van der Waals surface area (Å²) in [5, 5.41) is 3.33. The average Bonchev–Trinajstić information content (AvgIpc) is 2.32. The summed E-state index contributed by atoms with van der Waals surface area (Å²) in [7, 11) is 1.72. The molecule has 0 aliphatic carbocycles. The second kappa shape index (κ2) is 7.02. The van der Waals surface area contributed by atoms with Crippen LogP contribution in [0.15, 0.2) is 0 Å². The van der Waals surface area contributed by atoms with Crippen molar-refractivity contribution in [1.29, 1.82) is 0 Å². The second-order valence-corrected chi connectivity index (χ2v) is 7.35. The molecule has 114 valence electrons. The summed E-state index contributed by atoms with van der Waals surface area (Å²) in [6.45, 7) is 13.7. The molecule has 0 aromatic carbocycles. The summed E-state index contributed by atoms with van der Waals surface area (Å²) >= 11 is 2.33. The van der Waals surface area contributed by atoms with Crippen LogP contribution >= 0.6 is 22.6 Å². The molecule has 0 bridgehead atoms. The van der Waals surface area contributed by atoms with Crippen LogP contribution in [0.25, 0.3) is 0 Å². The Kier molecular flexibility index (Phi) is 6.19. The number of ether oxygens (including phenoxy) is 1. The maximum atomic E-state index is 5.58. The molecule has 1 unspecified atom stereocenters. The largest absolute Gasteiger partial charge is 0.373 e. The lowest BCUT2D eigenvalue weighted by atomic mass is 9.91. The summed E-state index contributed by atoms with van der Waals surface area (Å²) in [5.41, 5.74) is 1.05. The molecule has 0 saturated heterocycles. The summed E-state index contributed by atoms with van der Waals surface area (Å²) < 4.78 is 6.68. The Bertz CT molecular complexity index is 455. The molecule has 0 fully saturated rings. The number of hydrogen-bond donors (Lipinski definition) is 1. The van der Waals surface area contributed by atoms with Crippen molar-refractivity contribution in [2.45, 2.75) is 53.1 Å². The highest BCUT2D eigenvalue weighted by atomic mass is 127. The quantitative estimate of drug-likeness (QED) is 0.766. The fraction of sp³-hybridized carbons (Fsp3) is 0.733. The van der Waals surface area contributed by atoms with E-state index in [4.69, 9.17) is 9.72 Å². The normalized spacial score (nSPS) is 13.7. The predicted molar refractivity (Wildman–Crippen MR) is 92.2 cm³/mol. The van der Waals surface area contributed by atoms with Gasteiger partial charge in [-0.2, -0.15) is 0 Å². The minimum Gasteiger partial charge on any atom is -0.373 e. The molecule has 0 saturated carbocycles. The van der Waals surface area contributed by atoms with Crippen LogP contribution in [0, 0.1) is 9.49 Å². The molecule has 1 aromatic heterocycles. The third-order valence-electron chi connectivity index (χ3n) is 3.04. The molecule has 1 rings (SSSR count). The van der Waals surface area contributed by atoms with Gasteiger partial charge in [0.15, 0.2) is 5.82 Å². The highest BCUT2D eigenvalue weighted by Crippen LogP contribution is 2.32. The van der Waals surface area contributed by atoms with Crippen LogP contribution < -0.4 is 5.32 Å². The van der Waals surface area contributed by atoms with Gasteiger partial charge in [0.1, 0.15) is 11.9 Å². The molecule has 20 heavy (non-hydrogen) atoms. The molecule has 1 aromatic rings. The summed E-state index contributed by atoms with van der Waals surface area (Å²) in [5.74, 6) is 2.01. The van der Waals surface area contributed by atoms with Crippen molar-refractivity contribution in [1.82, 2.24) is 9.97 Å². The standard InChI is InChI=1S/C15H26IN3O/c1-8-17-13-10(16)12(15(4,5)6)18-14(19-13)11(20-7)9(2)3/h9,11H,8H2,1-7H3,(H,17,18,19). The first-order valence-corrected chi connectivity index (χ1v) is 8.14. The Morgan fingerprint density at radius 2 is 1.85 bits per heavy atom. The van der Waals surface area contributed by atoms with Gasteiger partial charge in [0.2, 0.25) is 0 Å². The van der Waals surface area contributed by atoms with Crippen molar-refractivity contribution in [3.8, 4) is 0 Å². The molecule has 0 aliphatic heterocycles. The Morgan fingerprint density at radius 3 is 2.25 bits per heavy atom. The van der Waals surface area contributed by atoms with E-state index in [2.05, 4.69) is 74.4 Å². The second-order valence-electron chi connectivity index (χ2n) is 6.27. The third-order valence-corrected chi connectivity index (χ3v) is 4.06. The lowest BCUT2D eigenvalue weighted by Crippen LogP contribution is -2.22. The fourth-order valence-electron chi connectivity index (χ4n) is 2.05. The summed E-state index contributed by atoms with van der Waals surface area (Å²) in [6, 6.07) is 0. The molecule has 1 heterocycles. The zero-order chi connectivity index (χ0) is 15.5. The van der Waals surface area contributed by atoms with Crippen molar-refractivity contribution >= 4 is 28.4 Å². The summed E-state index contributed by atoms with van der Waals surface area (Å²) in [6.07, 6.45) is -0.0782. The van der Waals surface area contributed by atoms with Crippen LogP contribution in [0.2, 0.25) is 0 Å². The first-order valence-electron chi connectivity index (χ1n) is 7.06. The molecule has 4 nitrogen and oxygen atoms in total. The number of aromatic nitrogens is 2. The first-order chi connectivity index (χ1) is 9.22. The van der Waals surface area contributed by atoms with Crippen LogP contribution in [-0.4, -0.2) is 23.6 Å². The number of anilines is 1. The Balaban J connectivity index is 3.43. The number of nitrogens with zero attached hydrogens (tertiary/aromatic N) is 2. The lowest BCUT2D eigenvalue weighted by molar-refractivity contribution is 0.0572. The highest BCUT2D eigenvalue weighted by molar-refractivity contribution is 14.1. The number of hydrogen-bond acceptors (Lipinski definition) is 4. The van der Waals surface area contributed by atoms with Gasteiger partial charge in [-0.05, 0) is 35.4 Å². The van der Waals surface area contributed by atoms with Crippen LogP contribution in [0.4, 0.5) is 5.82 Å². The molecule has 0 radical (unpaired) electrons. The van der Waals surface area contributed by atoms with Gasteiger partial charge in [-0.25, -0.2) is 9.97 Å². The van der Waals surface area contributed by atoms with E-state index in [0.29, 0.717) is 5.92 Å². The van der Waals surface area contributed by atoms with E-state index < -0.39 is 0 Å². The molecular formula is C15H26IN3O. The molecule has 1 N–H and O–H groups in total. The number of rotatable bonds is 5. The zero-order valence-corrected chi connectivity index (χ0v) is 15.7. The van der Waals surface area contributed by atoms with Gasteiger partial charge < -0.3 is 10.1 Å². The summed E-state index contributed by atoms with van der Waals surface area (Å²) in [4.78, 5) is 9.47. The number of nitrogens with one attached hydrogen (secondary N) is 1. The van der Waals surface area contributed by atoms with Gasteiger partial charge in [-0.15, -0.1) is 0 Å². The Morgan fingerprint density at radius 1 is 1.25 bits per heavy atom. The smallest absolute Gasteiger partial charge is 0.160 e. The monoisotopic (exact) mass is 391 g/mol. The van der Waals surface area contributed by atoms with Gasteiger partial charge in [0.05, 0.1) is 9.26 Å². The molecule has 0 spiro atoms. The van der Waals surface area contributed by atoms with E-state index in [9.17, 15) is 0 Å². The Hall–Kier alpha value is -0.430. The van der Waals surface area contributed by atoms with E-state index in [1.807, 2.05) is 0 Å². The lowest BCUT2D eigenvalue weighted by Gasteiger charge is -2.25. The van der Waals surface area contributed by atoms with Gasteiger partial charge in [-0.1, -0.05) is 34.6 Å². The fourth-order valence-corrected chi connectivity index (χ4v) is 3.29. The minimum absolute atomic E-state index is 0.0202. The first kappa shape index (κ1) is 17.6. The van der Waals surface area contributed by atoms with Crippen LogP contribution in [0.3, 0.4) is 0 Å². The maximum Gasteiger partial charge on any atom is 0.160 e. The van der Waals surface area contributed by atoms with Crippen LogP contribution in [-0.2, 0) is 10.2 Å². The predicted octanol–water partition coefficient (Wildman–Crippen LogP) is 4.15. The van der Waals surface area contributed by atoms with Crippen molar-refractivity contribution in [2.24, 2.45) is 5.92 Å². The van der Waals surface area contributed by atoms with Gasteiger partial charge in [-0.3, -0.25) is 0 Å². The number of methoxy groups -OCH3 is 1. The van der Waals surface area contributed by atoms with Crippen LogP contribution in [0.1, 0.15) is 59.2 Å². The van der Waals surface area contributed by atoms with Gasteiger partial charge in [0.25, 0.3) is 0 Å². The highest BCUT2D eigenvalue weighted by Gasteiger charge is 2.26. The van der Waals surface area contributed by atoms with E-state index in [1.165, 1.54) is 0 Å². The van der Waals surface area contributed by atoms with Crippen molar-refractivity contribution in [3.63, 3.8) is 0 Å². The van der Waals surface area contributed by atoms with E-state index in [0.717, 1.165) is 27.5 Å². The van der Waals surface area contributed by atoms with Gasteiger partial charge in [0, 0.05) is 19.1 Å². The SMILES string of the molecule is CCNc1nc(C(OC)C(C)C)nc(C(C)(C)C)c1I. The van der Waals surface area contributed by atoms with Gasteiger partial charge >= 0.3 is 0 Å². The molecule has 0 aliphatic rings. The average molecular weight is 391 g/mol. The Labute approximate surface area is 136 Å². The van der Waals surface area contributed by atoms with E-state index in [-0.39, 0.29) is 11.5 Å². The maximum absolute atomic E-state index is 5.58. The van der Waals surface area contributed by atoms with Crippen molar-refractivity contribution < 1.29 is 4.74 Å². The molecule has 5 heteroatoms. The zero-order valence-electron chi connectivity index (χ0n) is 13.5. The molecule has 1 atom stereocenters. The topological polar surface area (TPSA) is 47.0 Å².